The zero-order valence-electron chi connectivity index (χ0n) is 50.8. The van der Waals surface area contributed by atoms with Crippen molar-refractivity contribution in [3.63, 3.8) is 0 Å². The van der Waals surface area contributed by atoms with Crippen LogP contribution in [0.3, 0.4) is 0 Å². The van der Waals surface area contributed by atoms with Crippen LogP contribution in [0.15, 0.2) is 140 Å². The fraction of sp³-hybridized carbons (Fsp3) is 0.254. The predicted octanol–water partition coefficient (Wildman–Crippen LogP) is 17.0. The fourth-order valence-electron chi connectivity index (χ4n) is 10.8. The van der Waals surface area contributed by atoms with Crippen molar-refractivity contribution in [2.24, 2.45) is 0 Å². The molecule has 0 unspecified atom stereocenters. The molecule has 0 atom stereocenters. The van der Waals surface area contributed by atoms with Crippen LogP contribution in [0, 0.1) is 101 Å². The van der Waals surface area contributed by atoms with Gasteiger partial charge in [0.2, 0.25) is 0 Å². The van der Waals surface area contributed by atoms with Gasteiger partial charge in [-0.05, 0) is 156 Å². The standard InChI is InChI=1S/C26H27N4.C24H25N4.C21H23N2.2Ir/c1-8-22-12-13-25(16(2)14-22)26-27-21(7)28-30(26)24-11-9-10-23(15-24)29-19(5)17(3)18(4)20(29)6;1-15-10-7-8-13-23(15)24-25-20(6)26-28(24)22-12-9-11-21(14-22)27-18(4)16(2)17(3)19(27)5;1-15(2)18-11-8-12-19(16(3)4)20(18)23-14-13-22-21(23)17-9-6-5-7-10-17;;/h8-10,12-15H,1H2,2-7H3;7-11,13-14H,1-6H3;5-9,11-16H,1-4H3;;/q3*-1;;. The van der Waals surface area contributed by atoms with Crippen molar-refractivity contribution in [1.82, 2.24) is 48.2 Å². The van der Waals surface area contributed by atoms with Gasteiger partial charge in [-0.2, -0.15) is 34.5 Å². The second-order valence-corrected chi connectivity index (χ2v) is 21.8. The van der Waals surface area contributed by atoms with Crippen molar-refractivity contribution in [3.8, 4) is 62.6 Å². The van der Waals surface area contributed by atoms with Gasteiger partial charge in [0.15, 0.2) is 11.6 Å². The number of hydrogen-bond donors (Lipinski definition) is 0. The van der Waals surface area contributed by atoms with Crippen molar-refractivity contribution >= 4 is 6.08 Å². The minimum Gasteiger partial charge on any atom is -0.341 e. The Kier molecular flexibility index (Phi) is 20.3. The summed E-state index contributed by atoms with van der Waals surface area (Å²) in [5, 5.41) is 9.35. The third-order valence-corrected chi connectivity index (χ3v) is 15.9. The third kappa shape index (κ3) is 12.8. The van der Waals surface area contributed by atoms with E-state index in [-0.39, 0.29) is 40.2 Å². The van der Waals surface area contributed by atoms with Gasteiger partial charge in [-0.15, -0.1) is 60.2 Å². The molecule has 0 saturated carbocycles. The molecular formula is C71H75Ir2N10-3. The van der Waals surface area contributed by atoms with Gasteiger partial charge in [0.25, 0.3) is 0 Å². The first-order valence-electron chi connectivity index (χ1n) is 27.9. The summed E-state index contributed by atoms with van der Waals surface area (Å²) in [4.78, 5) is 14.0. The average molecular weight is 1450 g/mol. The number of aromatic nitrogens is 10. The van der Waals surface area contributed by atoms with E-state index in [1.807, 2.05) is 77.9 Å². The molecule has 5 heterocycles. The van der Waals surface area contributed by atoms with E-state index in [0.29, 0.717) is 11.8 Å². The summed E-state index contributed by atoms with van der Waals surface area (Å²) in [6.45, 7) is 38.3. The van der Waals surface area contributed by atoms with Crippen LogP contribution in [0.1, 0.15) is 124 Å². The van der Waals surface area contributed by atoms with Gasteiger partial charge in [0.05, 0.1) is 5.82 Å². The van der Waals surface area contributed by atoms with Gasteiger partial charge in [0.1, 0.15) is 11.6 Å². The maximum Gasteiger partial charge on any atom is 0.161 e. The number of hydrogen-bond acceptors (Lipinski definition) is 5. The molecule has 0 saturated heterocycles. The SMILES string of the molecule is C=Cc1ccc(-c2nc(C)nn2-c2[c-]ccc(-n3c(C)c(C)c(C)c3C)c2)c(C)c1.CC(C)c1cccc(C(C)C)c1-n1ccnc1-c1[c-]cccc1.Cc1nc(-c2ccccc2C)n(-c2[c-]ccc(-n3c(C)c(C)c(C)c3C)c2)n1.[Ir].[Ir]. The van der Waals surface area contributed by atoms with Crippen LogP contribution in [-0.2, 0) is 40.2 Å². The fourth-order valence-corrected chi connectivity index (χ4v) is 10.8. The number of imidazole rings is 1. The summed E-state index contributed by atoms with van der Waals surface area (Å²) < 4.78 is 10.6. The molecule has 0 aliphatic carbocycles. The first kappa shape index (κ1) is 63.0. The van der Waals surface area contributed by atoms with Gasteiger partial charge < -0.3 is 13.7 Å². The smallest absolute Gasteiger partial charge is 0.161 e. The quantitative estimate of drug-likeness (QED) is 0.120. The van der Waals surface area contributed by atoms with E-state index in [0.717, 1.165) is 79.7 Å². The largest absolute Gasteiger partial charge is 0.341 e. The Bertz CT molecular complexity index is 3990. The zero-order valence-corrected chi connectivity index (χ0v) is 55.6. The molecule has 10 nitrogen and oxygen atoms in total. The zero-order chi connectivity index (χ0) is 58.0. The summed E-state index contributed by atoms with van der Waals surface area (Å²) in [7, 11) is 0. The Morgan fingerprint density at radius 3 is 1.41 bits per heavy atom. The molecule has 0 bridgehead atoms. The minimum absolute atomic E-state index is 0. The summed E-state index contributed by atoms with van der Waals surface area (Å²) in [5.74, 6) is 5.01. The number of aryl methyl sites for hydroxylation is 4. The maximum atomic E-state index is 4.73. The maximum absolute atomic E-state index is 4.73. The Labute approximate surface area is 519 Å². The number of para-hydroxylation sites is 1. The molecule has 0 aliphatic rings. The van der Waals surface area contributed by atoms with Crippen LogP contribution >= 0.6 is 0 Å². The van der Waals surface area contributed by atoms with Crippen LogP contribution in [0.2, 0.25) is 0 Å². The molecule has 11 rings (SSSR count). The Morgan fingerprint density at radius 2 is 0.964 bits per heavy atom. The third-order valence-electron chi connectivity index (χ3n) is 15.9. The Morgan fingerprint density at radius 1 is 0.482 bits per heavy atom. The molecular weight excluding hydrogens is 1380 g/mol. The molecule has 2 radical (unpaired) electrons. The second-order valence-electron chi connectivity index (χ2n) is 21.8. The molecule has 6 aromatic carbocycles. The van der Waals surface area contributed by atoms with Gasteiger partial charge in [-0.3, -0.25) is 4.98 Å². The van der Waals surface area contributed by atoms with E-state index in [2.05, 4.69) is 236 Å². The second kappa shape index (κ2) is 26.8. The summed E-state index contributed by atoms with van der Waals surface area (Å²) in [6, 6.07) is 51.5. The molecule has 11 aromatic rings. The van der Waals surface area contributed by atoms with Crippen LogP contribution in [0.4, 0.5) is 0 Å². The van der Waals surface area contributed by atoms with E-state index in [9.17, 15) is 0 Å². The summed E-state index contributed by atoms with van der Waals surface area (Å²) in [5.41, 5.74) is 24.9. The van der Waals surface area contributed by atoms with Crippen molar-refractivity contribution in [3.05, 3.63) is 243 Å². The predicted molar refractivity (Wildman–Crippen MR) is 333 cm³/mol. The van der Waals surface area contributed by atoms with Crippen molar-refractivity contribution in [2.45, 2.75) is 123 Å². The molecule has 0 fully saturated rings. The van der Waals surface area contributed by atoms with E-state index >= 15 is 0 Å². The monoisotopic (exact) mass is 1450 g/mol. The van der Waals surface area contributed by atoms with E-state index in [4.69, 9.17) is 9.97 Å². The van der Waals surface area contributed by atoms with Crippen molar-refractivity contribution in [1.29, 1.82) is 0 Å². The Hall–Kier alpha value is -7.59. The minimum atomic E-state index is 0. The van der Waals surface area contributed by atoms with Gasteiger partial charge >= 0.3 is 0 Å². The molecule has 0 spiro atoms. The van der Waals surface area contributed by atoms with E-state index < -0.39 is 0 Å². The molecule has 0 aliphatic heterocycles. The van der Waals surface area contributed by atoms with E-state index in [1.54, 1.807) is 0 Å². The molecule has 5 aromatic heterocycles. The normalized spacial score (nSPS) is 11.0. The summed E-state index contributed by atoms with van der Waals surface area (Å²) >= 11 is 0. The molecule has 0 amide bonds. The van der Waals surface area contributed by atoms with Crippen LogP contribution in [-0.4, -0.2) is 48.2 Å². The van der Waals surface area contributed by atoms with Crippen LogP contribution < -0.4 is 0 Å². The average Bonchev–Trinajstić information content (AvgIpc) is 4.51. The number of rotatable bonds is 11. The van der Waals surface area contributed by atoms with Crippen LogP contribution in [0.5, 0.6) is 0 Å². The molecule has 0 N–H and O–H groups in total. The number of benzene rings is 6. The van der Waals surface area contributed by atoms with Gasteiger partial charge in [-0.1, -0.05) is 112 Å². The van der Waals surface area contributed by atoms with Crippen molar-refractivity contribution < 1.29 is 40.2 Å². The Balaban J connectivity index is 0.000000178. The molecule has 430 valence electrons. The molecule has 12 heteroatoms. The first-order valence-corrected chi connectivity index (χ1v) is 27.9. The van der Waals surface area contributed by atoms with Crippen molar-refractivity contribution in [2.75, 3.05) is 0 Å². The van der Waals surface area contributed by atoms with Gasteiger partial charge in [-0.25, -0.2) is 19.3 Å². The first-order chi connectivity index (χ1) is 38.8. The summed E-state index contributed by atoms with van der Waals surface area (Å²) in [6.07, 6.45) is 5.79. The van der Waals surface area contributed by atoms with Gasteiger partial charge in [0, 0.05) is 92.2 Å². The topological polar surface area (TPSA) is 89.1 Å². The molecule has 83 heavy (non-hydrogen) atoms. The number of nitrogens with zero attached hydrogens (tertiary/aromatic N) is 10. The van der Waals surface area contributed by atoms with Crippen LogP contribution in [0.25, 0.3) is 68.7 Å². The van der Waals surface area contributed by atoms with E-state index in [1.165, 1.54) is 67.4 Å².